The van der Waals surface area contributed by atoms with Gasteiger partial charge in [0.2, 0.25) is 11.8 Å². The second-order valence-electron chi connectivity index (χ2n) is 7.83. The molecule has 0 atom stereocenters. The van der Waals surface area contributed by atoms with Gasteiger partial charge in [-0.3, -0.25) is 9.59 Å². The Morgan fingerprint density at radius 1 is 1.07 bits per heavy atom. The summed E-state index contributed by atoms with van der Waals surface area (Å²) < 4.78 is 5.55. The predicted molar refractivity (Wildman–Crippen MR) is 118 cm³/mol. The van der Waals surface area contributed by atoms with E-state index in [1.165, 1.54) is 6.92 Å². The van der Waals surface area contributed by atoms with Gasteiger partial charge in [-0.25, -0.2) is 0 Å². The van der Waals surface area contributed by atoms with Crippen LogP contribution >= 0.6 is 11.6 Å². The normalized spacial score (nSPS) is 15.4. The number of nitrogens with one attached hydrogen (secondary N) is 1. The zero-order valence-corrected chi connectivity index (χ0v) is 18.2. The van der Waals surface area contributed by atoms with Crippen LogP contribution in [0.1, 0.15) is 37.3 Å². The fourth-order valence-electron chi connectivity index (χ4n) is 3.94. The van der Waals surface area contributed by atoms with Crippen LogP contribution in [0.5, 0.6) is 0 Å². The lowest BCUT2D eigenvalue weighted by molar-refractivity contribution is -0.130. The van der Waals surface area contributed by atoms with E-state index in [-0.39, 0.29) is 23.7 Å². The van der Waals surface area contributed by atoms with E-state index < -0.39 is 0 Å². The highest BCUT2D eigenvalue weighted by Crippen LogP contribution is 2.38. The van der Waals surface area contributed by atoms with Crippen LogP contribution in [0, 0.1) is 0 Å². The van der Waals surface area contributed by atoms with Gasteiger partial charge in [0.25, 0.3) is 0 Å². The molecule has 0 aromatic heterocycles. The number of halogens is 1. The number of hydrogen-bond donors (Lipinski definition) is 1. The molecule has 1 aliphatic rings. The van der Waals surface area contributed by atoms with Gasteiger partial charge >= 0.3 is 0 Å². The zero-order chi connectivity index (χ0) is 21.4. The molecule has 30 heavy (non-hydrogen) atoms. The summed E-state index contributed by atoms with van der Waals surface area (Å²) in [5.74, 6) is -0.101. The Hall–Kier alpha value is -2.37. The van der Waals surface area contributed by atoms with Crippen LogP contribution in [0.3, 0.4) is 0 Å². The van der Waals surface area contributed by atoms with E-state index in [1.807, 2.05) is 54.6 Å². The SMILES string of the molecule is CC(=O)N(CCC(=O)NCC1(c2ccccc2Cl)CCOCC1)Cc1ccccc1. The lowest BCUT2D eigenvalue weighted by Gasteiger charge is -2.38. The molecule has 3 rings (SSSR count). The van der Waals surface area contributed by atoms with E-state index in [1.54, 1.807) is 4.90 Å². The first-order chi connectivity index (χ1) is 14.5. The number of hydrogen-bond acceptors (Lipinski definition) is 3. The molecular formula is C24H29ClN2O3. The molecule has 0 radical (unpaired) electrons. The first-order valence-corrected chi connectivity index (χ1v) is 10.8. The molecule has 2 aromatic carbocycles. The third-order valence-electron chi connectivity index (χ3n) is 5.79. The number of carbonyl (C=O) groups is 2. The highest BCUT2D eigenvalue weighted by Gasteiger charge is 2.36. The van der Waals surface area contributed by atoms with Crippen molar-refractivity contribution in [2.45, 2.75) is 38.1 Å². The molecule has 1 heterocycles. The Bertz CT molecular complexity index is 851. The summed E-state index contributed by atoms with van der Waals surface area (Å²) in [6, 6.07) is 17.6. The maximum absolute atomic E-state index is 12.6. The average Bonchev–Trinajstić information content (AvgIpc) is 2.76. The molecule has 0 unspecified atom stereocenters. The van der Waals surface area contributed by atoms with Crippen molar-refractivity contribution in [3.05, 3.63) is 70.7 Å². The molecule has 0 bridgehead atoms. The van der Waals surface area contributed by atoms with Crippen molar-refractivity contribution in [3.63, 3.8) is 0 Å². The van der Waals surface area contributed by atoms with Gasteiger partial charge in [-0.2, -0.15) is 0 Å². The van der Waals surface area contributed by atoms with Crippen molar-refractivity contribution in [3.8, 4) is 0 Å². The smallest absolute Gasteiger partial charge is 0.221 e. The van der Waals surface area contributed by atoms with E-state index in [2.05, 4.69) is 5.32 Å². The Balaban J connectivity index is 1.59. The summed E-state index contributed by atoms with van der Waals surface area (Å²) in [6.07, 6.45) is 1.89. The van der Waals surface area contributed by atoms with Crippen LogP contribution < -0.4 is 5.32 Å². The molecule has 2 amide bonds. The largest absolute Gasteiger partial charge is 0.381 e. The summed E-state index contributed by atoms with van der Waals surface area (Å²) in [4.78, 5) is 26.3. The summed E-state index contributed by atoms with van der Waals surface area (Å²) in [5.41, 5.74) is 1.88. The van der Waals surface area contributed by atoms with Gasteiger partial charge in [-0.05, 0) is 30.0 Å². The van der Waals surface area contributed by atoms with Crippen LogP contribution in [-0.2, 0) is 26.3 Å². The molecule has 0 aliphatic carbocycles. The van der Waals surface area contributed by atoms with E-state index in [9.17, 15) is 9.59 Å². The summed E-state index contributed by atoms with van der Waals surface area (Å²) >= 11 is 6.48. The Labute approximate surface area is 183 Å². The summed E-state index contributed by atoms with van der Waals surface area (Å²) in [6.45, 7) is 4.24. The minimum absolute atomic E-state index is 0.0383. The van der Waals surface area contributed by atoms with Crippen molar-refractivity contribution in [1.29, 1.82) is 0 Å². The monoisotopic (exact) mass is 428 g/mol. The Morgan fingerprint density at radius 2 is 1.73 bits per heavy atom. The number of benzene rings is 2. The number of ether oxygens (including phenoxy) is 1. The fraction of sp³-hybridized carbons (Fsp3) is 0.417. The van der Waals surface area contributed by atoms with Crippen LogP contribution in [0.2, 0.25) is 5.02 Å². The minimum atomic E-state index is -0.226. The third-order valence-corrected chi connectivity index (χ3v) is 6.12. The second kappa shape index (κ2) is 10.6. The van der Waals surface area contributed by atoms with Crippen molar-refractivity contribution in [2.75, 3.05) is 26.3 Å². The number of rotatable bonds is 8. The second-order valence-corrected chi connectivity index (χ2v) is 8.23. The molecule has 0 saturated carbocycles. The van der Waals surface area contributed by atoms with Crippen molar-refractivity contribution < 1.29 is 14.3 Å². The van der Waals surface area contributed by atoms with Crippen molar-refractivity contribution in [1.82, 2.24) is 10.2 Å². The van der Waals surface area contributed by atoms with Gasteiger partial charge in [0.1, 0.15) is 0 Å². The Morgan fingerprint density at radius 3 is 2.40 bits per heavy atom. The highest BCUT2D eigenvalue weighted by molar-refractivity contribution is 6.31. The minimum Gasteiger partial charge on any atom is -0.381 e. The van der Waals surface area contributed by atoms with Crippen LogP contribution in [0.25, 0.3) is 0 Å². The number of amides is 2. The van der Waals surface area contributed by atoms with Crippen LogP contribution in [0.15, 0.2) is 54.6 Å². The lowest BCUT2D eigenvalue weighted by atomic mass is 9.74. The molecule has 160 valence electrons. The molecule has 0 spiro atoms. The molecule has 1 fully saturated rings. The van der Waals surface area contributed by atoms with Gasteiger partial charge in [0.05, 0.1) is 0 Å². The van der Waals surface area contributed by atoms with E-state index in [0.29, 0.717) is 32.8 Å². The molecule has 2 aromatic rings. The molecule has 1 saturated heterocycles. The first-order valence-electron chi connectivity index (χ1n) is 10.4. The van der Waals surface area contributed by atoms with Gasteiger partial charge in [0, 0.05) is 56.6 Å². The third kappa shape index (κ3) is 5.83. The molecule has 5 nitrogen and oxygen atoms in total. The average molecular weight is 429 g/mol. The first kappa shape index (κ1) is 22.3. The topological polar surface area (TPSA) is 58.6 Å². The fourth-order valence-corrected chi connectivity index (χ4v) is 4.28. The predicted octanol–water partition coefficient (Wildman–Crippen LogP) is 3.94. The molecule has 1 N–H and O–H groups in total. The number of nitrogens with zero attached hydrogens (tertiary/aromatic N) is 1. The van der Waals surface area contributed by atoms with E-state index in [4.69, 9.17) is 16.3 Å². The van der Waals surface area contributed by atoms with Gasteiger partial charge < -0.3 is 15.0 Å². The van der Waals surface area contributed by atoms with E-state index in [0.717, 1.165) is 29.0 Å². The van der Waals surface area contributed by atoms with Gasteiger partial charge in [-0.1, -0.05) is 60.1 Å². The molecule has 6 heteroatoms. The van der Waals surface area contributed by atoms with Gasteiger partial charge in [0.15, 0.2) is 0 Å². The quantitative estimate of drug-likeness (QED) is 0.692. The maximum Gasteiger partial charge on any atom is 0.221 e. The molecule has 1 aliphatic heterocycles. The van der Waals surface area contributed by atoms with Crippen molar-refractivity contribution in [2.24, 2.45) is 0 Å². The van der Waals surface area contributed by atoms with Crippen molar-refractivity contribution >= 4 is 23.4 Å². The molecular weight excluding hydrogens is 400 g/mol. The highest BCUT2D eigenvalue weighted by atomic mass is 35.5. The number of carbonyl (C=O) groups excluding carboxylic acids is 2. The van der Waals surface area contributed by atoms with Gasteiger partial charge in [-0.15, -0.1) is 0 Å². The summed E-state index contributed by atoms with van der Waals surface area (Å²) in [5, 5.41) is 3.81. The van der Waals surface area contributed by atoms with Crippen LogP contribution in [-0.4, -0.2) is 43.0 Å². The summed E-state index contributed by atoms with van der Waals surface area (Å²) in [7, 11) is 0. The van der Waals surface area contributed by atoms with Crippen LogP contribution in [0.4, 0.5) is 0 Å². The zero-order valence-electron chi connectivity index (χ0n) is 17.4. The standard InChI is InChI=1S/C24H29ClN2O3/c1-19(28)27(17-20-7-3-2-4-8-20)14-11-23(29)26-18-24(12-15-30-16-13-24)21-9-5-6-10-22(21)25/h2-10H,11-18H2,1H3,(H,26,29). The lowest BCUT2D eigenvalue weighted by Crippen LogP contribution is -2.45. The van der Waals surface area contributed by atoms with E-state index >= 15 is 0 Å². The maximum atomic E-state index is 12.6. The Kier molecular flexibility index (Phi) is 7.88.